The van der Waals surface area contributed by atoms with Crippen molar-refractivity contribution in [3.05, 3.63) is 24.2 Å². The van der Waals surface area contributed by atoms with Gasteiger partial charge in [-0.05, 0) is 37.3 Å². The highest BCUT2D eigenvalue weighted by atomic mass is 16.5. The number of nitrogens with one attached hydrogen (secondary N) is 1. The van der Waals surface area contributed by atoms with Crippen LogP contribution >= 0.6 is 0 Å². The molecule has 1 aliphatic rings. The second-order valence-electron chi connectivity index (χ2n) is 7.17. The Morgan fingerprint density at radius 1 is 1.27 bits per heavy atom. The Hall–Kier alpha value is -2.44. The molecule has 0 saturated carbocycles. The quantitative estimate of drug-likeness (QED) is 0.854. The van der Waals surface area contributed by atoms with Gasteiger partial charge in [-0.1, -0.05) is 31.8 Å². The summed E-state index contributed by atoms with van der Waals surface area (Å²) in [6.07, 6.45) is 7.60. The normalized spacial score (nSPS) is 15.1. The van der Waals surface area contributed by atoms with Crippen LogP contribution in [0.2, 0.25) is 0 Å². The van der Waals surface area contributed by atoms with Crippen LogP contribution in [0, 0.1) is 5.92 Å². The molecule has 7 heteroatoms. The number of nitrogens with zero attached hydrogens (tertiary/aromatic N) is 4. The van der Waals surface area contributed by atoms with Crippen molar-refractivity contribution in [2.75, 3.05) is 24.5 Å². The van der Waals surface area contributed by atoms with E-state index in [1.807, 2.05) is 12.1 Å². The number of aromatic nitrogens is 3. The molecular weight excluding hydrogens is 330 g/mol. The molecule has 1 amide bonds. The molecule has 1 N–H and O–H groups in total. The van der Waals surface area contributed by atoms with Gasteiger partial charge in [0.15, 0.2) is 0 Å². The predicted molar refractivity (Wildman–Crippen MR) is 100.0 cm³/mol. The number of carbonyl (C=O) groups excluding carboxylic acids is 1. The highest BCUT2D eigenvalue weighted by Gasteiger charge is 2.17. The van der Waals surface area contributed by atoms with Crippen LogP contribution in [-0.2, 0) is 0 Å². The minimum Gasteiger partial charge on any atom is -0.357 e. The van der Waals surface area contributed by atoms with Gasteiger partial charge in [0.05, 0.1) is 0 Å². The number of carbonyl (C=O) groups is 1. The third kappa shape index (κ3) is 4.80. The SMILES string of the molecule is CC(C)CCNC(=O)c1nc(-c2ccnc(N3CCCCCC3)c2)no1. The number of hydrogen-bond donors (Lipinski definition) is 1. The monoisotopic (exact) mass is 357 g/mol. The van der Waals surface area contributed by atoms with E-state index in [1.165, 1.54) is 25.7 Å². The molecule has 7 nitrogen and oxygen atoms in total. The van der Waals surface area contributed by atoms with Crippen molar-refractivity contribution in [3.8, 4) is 11.4 Å². The Balaban J connectivity index is 1.68. The zero-order valence-electron chi connectivity index (χ0n) is 15.6. The minimum atomic E-state index is -0.328. The molecule has 2 aromatic rings. The molecule has 0 bridgehead atoms. The summed E-state index contributed by atoms with van der Waals surface area (Å²) in [4.78, 5) is 23.1. The summed E-state index contributed by atoms with van der Waals surface area (Å²) in [5, 5.41) is 6.77. The lowest BCUT2D eigenvalue weighted by Gasteiger charge is -2.21. The number of rotatable bonds is 6. The molecule has 0 atom stereocenters. The van der Waals surface area contributed by atoms with Gasteiger partial charge in [-0.15, -0.1) is 0 Å². The maximum atomic E-state index is 12.1. The zero-order valence-corrected chi connectivity index (χ0v) is 15.6. The number of amides is 1. The predicted octanol–water partition coefficient (Wildman–Crippen LogP) is 3.29. The molecule has 1 saturated heterocycles. The summed E-state index contributed by atoms with van der Waals surface area (Å²) in [6, 6.07) is 3.81. The molecule has 140 valence electrons. The summed E-state index contributed by atoms with van der Waals surface area (Å²) in [5.74, 6) is 1.54. The summed E-state index contributed by atoms with van der Waals surface area (Å²) in [5.41, 5.74) is 0.809. The molecule has 3 rings (SSSR count). The fourth-order valence-corrected chi connectivity index (χ4v) is 3.01. The first-order valence-electron chi connectivity index (χ1n) is 9.47. The zero-order chi connectivity index (χ0) is 18.4. The Morgan fingerprint density at radius 3 is 2.77 bits per heavy atom. The van der Waals surface area contributed by atoms with Crippen LogP contribution in [0.15, 0.2) is 22.9 Å². The van der Waals surface area contributed by atoms with Gasteiger partial charge in [-0.2, -0.15) is 4.98 Å². The van der Waals surface area contributed by atoms with Gasteiger partial charge >= 0.3 is 11.8 Å². The molecule has 0 radical (unpaired) electrons. The first-order chi connectivity index (χ1) is 12.6. The summed E-state index contributed by atoms with van der Waals surface area (Å²) < 4.78 is 5.14. The molecule has 0 spiro atoms. The largest absolute Gasteiger partial charge is 0.357 e. The third-order valence-electron chi connectivity index (χ3n) is 4.56. The van der Waals surface area contributed by atoms with Crippen molar-refractivity contribution in [2.24, 2.45) is 5.92 Å². The van der Waals surface area contributed by atoms with E-state index < -0.39 is 0 Å². The molecule has 3 heterocycles. The van der Waals surface area contributed by atoms with Crippen LogP contribution in [0.25, 0.3) is 11.4 Å². The van der Waals surface area contributed by atoms with E-state index in [9.17, 15) is 4.79 Å². The number of pyridine rings is 1. The van der Waals surface area contributed by atoms with Crippen LogP contribution in [0.1, 0.15) is 56.6 Å². The van der Waals surface area contributed by atoms with Crippen molar-refractivity contribution in [1.29, 1.82) is 0 Å². The van der Waals surface area contributed by atoms with Crippen LogP contribution in [0.4, 0.5) is 5.82 Å². The minimum absolute atomic E-state index is 0.00288. The van der Waals surface area contributed by atoms with E-state index in [0.717, 1.165) is 30.9 Å². The van der Waals surface area contributed by atoms with Crippen molar-refractivity contribution in [1.82, 2.24) is 20.4 Å². The van der Waals surface area contributed by atoms with Crippen molar-refractivity contribution >= 4 is 11.7 Å². The molecular formula is C19H27N5O2. The smallest absolute Gasteiger partial charge is 0.316 e. The Kier molecular flexibility index (Phi) is 6.20. The maximum absolute atomic E-state index is 12.1. The molecule has 0 unspecified atom stereocenters. The van der Waals surface area contributed by atoms with E-state index >= 15 is 0 Å². The number of anilines is 1. The molecule has 2 aromatic heterocycles. The maximum Gasteiger partial charge on any atom is 0.316 e. The fourth-order valence-electron chi connectivity index (χ4n) is 3.01. The number of hydrogen-bond acceptors (Lipinski definition) is 6. The lowest BCUT2D eigenvalue weighted by Crippen LogP contribution is -2.25. The molecule has 0 aromatic carbocycles. The second kappa shape index (κ2) is 8.78. The van der Waals surface area contributed by atoms with Gasteiger partial charge in [-0.3, -0.25) is 4.79 Å². The van der Waals surface area contributed by atoms with Crippen LogP contribution < -0.4 is 10.2 Å². The van der Waals surface area contributed by atoms with Crippen molar-refractivity contribution in [2.45, 2.75) is 46.0 Å². The first-order valence-corrected chi connectivity index (χ1v) is 9.47. The molecule has 26 heavy (non-hydrogen) atoms. The lowest BCUT2D eigenvalue weighted by atomic mass is 10.1. The van der Waals surface area contributed by atoms with E-state index in [0.29, 0.717) is 18.3 Å². The van der Waals surface area contributed by atoms with Crippen LogP contribution in [-0.4, -0.2) is 40.7 Å². The average Bonchev–Trinajstić information content (AvgIpc) is 2.97. The Labute approximate surface area is 154 Å². The third-order valence-corrected chi connectivity index (χ3v) is 4.56. The van der Waals surface area contributed by atoms with Gasteiger partial charge in [0, 0.05) is 31.4 Å². The summed E-state index contributed by atoms with van der Waals surface area (Å²) >= 11 is 0. The van der Waals surface area contributed by atoms with E-state index in [-0.39, 0.29) is 11.8 Å². The molecule has 1 fully saturated rings. The first kappa shape index (κ1) is 18.4. The van der Waals surface area contributed by atoms with Gasteiger partial charge in [0.25, 0.3) is 0 Å². The van der Waals surface area contributed by atoms with Gasteiger partial charge < -0.3 is 14.7 Å². The molecule has 1 aliphatic heterocycles. The Bertz CT molecular complexity index is 720. The average molecular weight is 357 g/mol. The molecule has 0 aliphatic carbocycles. The van der Waals surface area contributed by atoms with E-state index in [1.54, 1.807) is 6.20 Å². The topological polar surface area (TPSA) is 84.2 Å². The second-order valence-corrected chi connectivity index (χ2v) is 7.17. The fraction of sp³-hybridized carbons (Fsp3) is 0.579. The van der Waals surface area contributed by atoms with E-state index in [4.69, 9.17) is 4.52 Å². The van der Waals surface area contributed by atoms with Gasteiger partial charge in [-0.25, -0.2) is 4.98 Å². The van der Waals surface area contributed by atoms with Crippen molar-refractivity contribution in [3.63, 3.8) is 0 Å². The van der Waals surface area contributed by atoms with Gasteiger partial charge in [0.2, 0.25) is 5.82 Å². The van der Waals surface area contributed by atoms with E-state index in [2.05, 4.69) is 39.2 Å². The Morgan fingerprint density at radius 2 is 2.04 bits per heavy atom. The highest BCUT2D eigenvalue weighted by Crippen LogP contribution is 2.23. The van der Waals surface area contributed by atoms with Gasteiger partial charge in [0.1, 0.15) is 5.82 Å². The van der Waals surface area contributed by atoms with Crippen LogP contribution in [0.3, 0.4) is 0 Å². The van der Waals surface area contributed by atoms with Crippen LogP contribution in [0.5, 0.6) is 0 Å². The highest BCUT2D eigenvalue weighted by molar-refractivity contribution is 5.89. The standard InChI is InChI=1S/C19H27N5O2/c1-14(2)7-9-21-18(25)19-22-17(23-26-19)15-8-10-20-16(13-15)24-11-5-3-4-6-12-24/h8,10,13-14H,3-7,9,11-12H2,1-2H3,(H,21,25). The van der Waals surface area contributed by atoms with Crippen molar-refractivity contribution < 1.29 is 9.32 Å². The summed E-state index contributed by atoms with van der Waals surface area (Å²) in [6.45, 7) is 6.87. The lowest BCUT2D eigenvalue weighted by molar-refractivity contribution is 0.0908. The summed E-state index contributed by atoms with van der Waals surface area (Å²) in [7, 11) is 0.